The molecule has 4 aromatic heterocycles. The largest absolute Gasteiger partial charge is 0.450 e. The molecular weight excluding hydrogens is 837 g/mol. The first kappa shape index (κ1) is 44.8. The van der Waals surface area contributed by atoms with Crippen LogP contribution in [0.4, 0.5) is 13.6 Å². The van der Waals surface area contributed by atoms with Gasteiger partial charge in [0.25, 0.3) is 11.1 Å². The number of amides is 1. The number of hydrogen-bond donors (Lipinski definition) is 2. The van der Waals surface area contributed by atoms with Crippen molar-refractivity contribution < 1.29 is 36.8 Å². The molecule has 4 aromatic rings. The number of unbranched alkanes of at least 4 members (excludes halogenated alkanes) is 1. The van der Waals surface area contributed by atoms with Crippen molar-refractivity contribution in [1.29, 1.82) is 0 Å². The molecule has 0 aromatic carbocycles. The van der Waals surface area contributed by atoms with Crippen LogP contribution in [0.5, 0.6) is 12.0 Å². The minimum absolute atomic E-state index is 0.0317. The number of aryl methyl sites for hydroxylation is 2. The van der Waals surface area contributed by atoms with Gasteiger partial charge in [-0.15, -0.1) is 0 Å². The Bertz CT molecular complexity index is 2620. The molecule has 1 amide bonds. The van der Waals surface area contributed by atoms with Gasteiger partial charge in [-0.05, 0) is 101 Å². The Morgan fingerprint density at radius 2 is 1.25 bits per heavy atom. The maximum absolute atomic E-state index is 13.4. The fourth-order valence-electron chi connectivity index (χ4n) is 9.21. The van der Waals surface area contributed by atoms with Crippen LogP contribution in [0.2, 0.25) is 0 Å². The normalized spacial score (nSPS) is 20.8. The summed E-state index contributed by atoms with van der Waals surface area (Å²) in [6.45, 7) is 3.08. The Morgan fingerprint density at radius 1 is 0.750 bits per heavy atom. The number of rotatable bonds is 15. The standard InChI is InChI=1S/C24H30N4O6.C21H25F2N3O4/c1-2-32-24(31)28-17-9-10-18(28)13-16(12-17)27-34-23-25-21(30)20-15(6-4-3-5-14-7-8-14)11-19(29)33-22(20)26-23;1-21(22,23)14-7-9-15(10-8-14)26-30-20-24-18(28)17-13(4-2-3-12-5-6-12)11-16(27)29-19(17)25-20/h11,14,17-18H,2-10,12-13H2,1H3,(H,25,26,30);11-12,14H,2-10H2,1H3,(H,24,25,28). The third-order valence-electron chi connectivity index (χ3n) is 13.0. The lowest BCUT2D eigenvalue weighted by Gasteiger charge is -2.34. The Morgan fingerprint density at radius 3 is 1.75 bits per heavy atom. The van der Waals surface area contributed by atoms with Crippen LogP contribution >= 0.6 is 0 Å². The number of nitrogens with zero attached hydrogens (tertiary/aromatic N) is 5. The van der Waals surface area contributed by atoms with Crippen molar-refractivity contribution in [3.05, 3.63) is 64.8 Å². The molecule has 0 spiro atoms. The molecule has 2 N–H and O–H groups in total. The number of aromatic nitrogens is 4. The number of carbonyl (C=O) groups excluding carboxylic acids is 1. The van der Waals surface area contributed by atoms with E-state index in [2.05, 4.69) is 30.2 Å². The van der Waals surface area contributed by atoms with Crippen molar-refractivity contribution in [3.63, 3.8) is 0 Å². The lowest BCUT2D eigenvalue weighted by Crippen LogP contribution is -2.47. The van der Waals surface area contributed by atoms with E-state index in [1.165, 1.54) is 44.2 Å². The van der Waals surface area contributed by atoms with E-state index in [4.69, 9.17) is 23.2 Å². The number of aromatic amines is 2. The van der Waals surface area contributed by atoms with Gasteiger partial charge in [-0.2, -0.15) is 9.97 Å². The molecule has 344 valence electrons. The summed E-state index contributed by atoms with van der Waals surface area (Å²) in [5.41, 5.74) is 0.575. The second-order valence-corrected chi connectivity index (χ2v) is 17.9. The highest BCUT2D eigenvalue weighted by atomic mass is 19.3. The van der Waals surface area contributed by atoms with Crippen LogP contribution < -0.4 is 32.0 Å². The Labute approximate surface area is 366 Å². The fraction of sp³-hybridized carbons (Fsp3) is 0.622. The summed E-state index contributed by atoms with van der Waals surface area (Å²) in [5, 5.41) is 8.68. The number of carbonyl (C=O) groups is 1. The SMILES string of the molecule is CC(F)(F)C1CCC(=NOc2nc3oc(=O)cc(CCCC4CC4)c3c(=O)[nH]2)CC1.CCOC(=O)N1C2CCC1CC(=NOc1nc3oc(=O)cc(CCCCC4CC4)c3c(=O)[nH]1)C2. The fourth-order valence-corrected chi connectivity index (χ4v) is 9.21. The van der Waals surface area contributed by atoms with E-state index >= 15 is 0 Å². The molecule has 2 atom stereocenters. The smallest absolute Gasteiger partial charge is 0.410 e. The zero-order valence-corrected chi connectivity index (χ0v) is 36.3. The van der Waals surface area contributed by atoms with Crippen LogP contribution in [0.25, 0.3) is 22.2 Å². The summed E-state index contributed by atoms with van der Waals surface area (Å²) in [7, 11) is 0. The molecule has 0 radical (unpaired) electrons. The van der Waals surface area contributed by atoms with Crippen molar-refractivity contribution >= 4 is 39.7 Å². The number of H-pyrrole nitrogens is 2. The summed E-state index contributed by atoms with van der Waals surface area (Å²) in [6, 6.07) is 2.47. The number of nitrogens with one attached hydrogen (secondary N) is 2. The molecule has 5 fully saturated rings. The predicted octanol–water partition coefficient (Wildman–Crippen LogP) is 7.71. The highest BCUT2D eigenvalue weighted by Gasteiger charge is 2.43. The van der Waals surface area contributed by atoms with Gasteiger partial charge in [0.1, 0.15) is 10.8 Å². The van der Waals surface area contributed by atoms with Crippen molar-refractivity contribution in [1.82, 2.24) is 24.8 Å². The molecule has 6 heterocycles. The van der Waals surface area contributed by atoms with Gasteiger partial charge in [0.2, 0.25) is 17.3 Å². The number of alkyl halides is 2. The van der Waals surface area contributed by atoms with Crippen molar-refractivity contribution in [3.8, 4) is 12.0 Å². The molecule has 3 saturated carbocycles. The van der Waals surface area contributed by atoms with E-state index in [0.29, 0.717) is 74.8 Å². The Balaban J connectivity index is 0.000000176. The lowest BCUT2D eigenvalue weighted by molar-refractivity contribution is -0.0468. The zero-order valence-electron chi connectivity index (χ0n) is 36.3. The van der Waals surface area contributed by atoms with Gasteiger partial charge in [-0.25, -0.2) is 23.2 Å². The first-order chi connectivity index (χ1) is 30.8. The minimum Gasteiger partial charge on any atom is -0.450 e. The van der Waals surface area contributed by atoms with E-state index in [1.54, 1.807) is 11.8 Å². The van der Waals surface area contributed by atoms with E-state index in [-0.39, 0.29) is 52.4 Å². The molecule has 2 bridgehead atoms. The summed E-state index contributed by atoms with van der Waals surface area (Å²) in [4.78, 5) is 87.4. The van der Waals surface area contributed by atoms with Crippen LogP contribution in [0.1, 0.15) is 134 Å². The van der Waals surface area contributed by atoms with E-state index in [9.17, 15) is 32.8 Å². The van der Waals surface area contributed by atoms with Gasteiger partial charge < -0.3 is 28.1 Å². The molecular formula is C45H55F2N7O10. The average Bonchev–Trinajstić information content (AvgIpc) is 4.19. The third kappa shape index (κ3) is 11.3. The minimum atomic E-state index is -2.70. The second-order valence-electron chi connectivity index (χ2n) is 17.9. The van der Waals surface area contributed by atoms with Gasteiger partial charge in [0.15, 0.2) is 0 Å². The van der Waals surface area contributed by atoms with Gasteiger partial charge in [0.05, 0.1) is 18.0 Å². The average molecular weight is 892 g/mol. The van der Waals surface area contributed by atoms with E-state index in [0.717, 1.165) is 63.0 Å². The van der Waals surface area contributed by atoms with Crippen LogP contribution in [-0.4, -0.2) is 67.0 Å². The monoisotopic (exact) mass is 891 g/mol. The summed E-state index contributed by atoms with van der Waals surface area (Å²) in [6.07, 6.45) is 15.6. The Hall–Kier alpha value is -5.75. The molecule has 2 saturated heterocycles. The molecule has 19 heteroatoms. The maximum atomic E-state index is 13.4. The number of piperidine rings is 1. The molecule has 9 rings (SSSR count). The van der Waals surface area contributed by atoms with E-state index in [1.807, 2.05) is 0 Å². The van der Waals surface area contributed by atoms with Crippen LogP contribution in [0.3, 0.4) is 0 Å². The van der Waals surface area contributed by atoms with Crippen molar-refractivity contribution in [2.45, 2.75) is 154 Å². The van der Waals surface area contributed by atoms with Crippen molar-refractivity contribution in [2.75, 3.05) is 6.61 Å². The number of fused-ring (bicyclic) bond motifs is 4. The van der Waals surface area contributed by atoms with E-state index < -0.39 is 34.2 Å². The quantitative estimate of drug-likeness (QED) is 0.0865. The summed E-state index contributed by atoms with van der Waals surface area (Å²) < 4.78 is 42.3. The second kappa shape index (κ2) is 19.6. The molecule has 3 aliphatic carbocycles. The molecule has 2 unspecified atom stereocenters. The van der Waals surface area contributed by atoms with Gasteiger partial charge in [-0.1, -0.05) is 55.3 Å². The van der Waals surface area contributed by atoms with Gasteiger partial charge in [0, 0.05) is 43.0 Å². The zero-order chi connectivity index (χ0) is 45.0. The summed E-state index contributed by atoms with van der Waals surface area (Å²) >= 11 is 0. The molecule has 5 aliphatic rings. The first-order valence-electron chi connectivity index (χ1n) is 22.7. The van der Waals surface area contributed by atoms with Crippen LogP contribution in [0, 0.1) is 17.8 Å². The number of hydrogen-bond acceptors (Lipinski definition) is 14. The Kier molecular flexibility index (Phi) is 13.7. The predicted molar refractivity (Wildman–Crippen MR) is 231 cm³/mol. The first-order valence-corrected chi connectivity index (χ1v) is 22.7. The number of oxime groups is 2. The summed E-state index contributed by atoms with van der Waals surface area (Å²) in [5.74, 6) is -1.74. The van der Waals surface area contributed by atoms with Gasteiger partial charge in [-0.3, -0.25) is 19.6 Å². The molecule has 64 heavy (non-hydrogen) atoms. The molecule has 2 aliphatic heterocycles. The lowest BCUT2D eigenvalue weighted by atomic mass is 9.84. The van der Waals surface area contributed by atoms with Crippen molar-refractivity contribution in [2.24, 2.45) is 28.1 Å². The maximum Gasteiger partial charge on any atom is 0.410 e. The van der Waals surface area contributed by atoms with Gasteiger partial charge >= 0.3 is 29.4 Å². The van der Waals surface area contributed by atoms with Crippen LogP contribution in [-0.2, 0) is 17.6 Å². The highest BCUT2D eigenvalue weighted by molar-refractivity contribution is 5.88. The molecule has 17 nitrogen and oxygen atoms in total. The van der Waals surface area contributed by atoms with Crippen LogP contribution in [0.15, 0.2) is 50.5 Å². The topological polar surface area (TPSA) is 225 Å². The highest BCUT2D eigenvalue weighted by Crippen LogP contribution is 2.37. The number of ether oxygens (including phenoxy) is 1. The number of halogens is 2. The third-order valence-corrected chi connectivity index (χ3v) is 13.0.